The second-order valence-corrected chi connectivity index (χ2v) is 6.65. The van der Waals surface area contributed by atoms with Gasteiger partial charge in [-0.1, -0.05) is 0 Å². The van der Waals surface area contributed by atoms with E-state index in [2.05, 4.69) is 21.0 Å². The molecule has 1 heterocycles. The van der Waals surface area contributed by atoms with Crippen molar-refractivity contribution in [2.24, 2.45) is 0 Å². The Bertz CT molecular complexity index is 730. The highest BCUT2D eigenvalue weighted by atomic mass is 127. The highest BCUT2D eigenvalue weighted by Gasteiger charge is 2.73. The molecule has 2 aromatic rings. The maximum Gasteiger partial charge on any atom is 0.435 e. The first-order valence-corrected chi connectivity index (χ1v) is 7.68. The molecular weight excluding hydrogens is 531 g/mol. The van der Waals surface area contributed by atoms with E-state index >= 15 is 0 Å². The van der Waals surface area contributed by atoms with Gasteiger partial charge in [-0.15, -0.1) is 0 Å². The smallest absolute Gasteiger partial charge is 0.236 e. The van der Waals surface area contributed by atoms with Gasteiger partial charge in [-0.2, -0.15) is 31.4 Å². The quantitative estimate of drug-likeness (QED) is 0.359. The van der Waals surface area contributed by atoms with Crippen molar-refractivity contribution in [2.45, 2.75) is 18.0 Å². The maximum absolute atomic E-state index is 14.1. The summed E-state index contributed by atoms with van der Waals surface area (Å²) in [6.07, 6.45) is -10.1. The molecule has 0 aliphatic carbocycles. The SMILES string of the molecule is Fc1cc(C(F)(C(F)(F)F)C(F)(F)F)cc(Br)c1-n1cc(I)cn1. The molecule has 132 valence electrons. The van der Waals surface area contributed by atoms with E-state index in [4.69, 9.17) is 0 Å². The number of alkyl halides is 7. The normalized spacial score (nSPS) is 13.4. The van der Waals surface area contributed by atoms with E-state index in [1.165, 1.54) is 12.4 Å². The summed E-state index contributed by atoms with van der Waals surface area (Å²) < 4.78 is 105. The van der Waals surface area contributed by atoms with Gasteiger partial charge in [-0.05, 0) is 50.7 Å². The van der Waals surface area contributed by atoms with E-state index in [1.54, 1.807) is 0 Å². The van der Waals surface area contributed by atoms with Gasteiger partial charge in [0.1, 0.15) is 11.5 Å². The Labute approximate surface area is 151 Å². The first kappa shape index (κ1) is 19.4. The summed E-state index contributed by atoms with van der Waals surface area (Å²) in [6, 6.07) is 0.0869. The maximum atomic E-state index is 14.1. The molecule has 0 aliphatic rings. The summed E-state index contributed by atoms with van der Waals surface area (Å²) >= 11 is 4.48. The molecule has 12 heteroatoms. The number of rotatable bonds is 2. The zero-order chi connectivity index (χ0) is 18.5. The third-order valence-corrected chi connectivity index (χ3v) is 4.14. The van der Waals surface area contributed by atoms with Gasteiger partial charge >= 0.3 is 18.0 Å². The summed E-state index contributed by atoms with van der Waals surface area (Å²) in [5, 5.41) is 3.70. The van der Waals surface area contributed by atoms with E-state index in [0.29, 0.717) is 3.57 Å². The molecule has 0 aliphatic heterocycles. The lowest BCUT2D eigenvalue weighted by Gasteiger charge is -2.30. The van der Waals surface area contributed by atoms with E-state index in [0.717, 1.165) is 4.68 Å². The van der Waals surface area contributed by atoms with E-state index in [-0.39, 0.29) is 12.1 Å². The first-order chi connectivity index (χ1) is 10.8. The number of halogens is 10. The molecule has 0 atom stereocenters. The summed E-state index contributed by atoms with van der Waals surface area (Å²) in [7, 11) is 0. The largest absolute Gasteiger partial charge is 0.435 e. The van der Waals surface area contributed by atoms with Gasteiger partial charge < -0.3 is 0 Å². The molecule has 2 rings (SSSR count). The number of nitrogens with zero attached hydrogens (tertiary/aromatic N) is 2. The van der Waals surface area contributed by atoms with Crippen molar-refractivity contribution in [2.75, 3.05) is 0 Å². The van der Waals surface area contributed by atoms with Gasteiger partial charge in [0.25, 0.3) is 0 Å². The van der Waals surface area contributed by atoms with Crippen molar-refractivity contribution in [1.29, 1.82) is 0 Å². The monoisotopic (exact) mass is 534 g/mol. The average molecular weight is 535 g/mol. The molecule has 0 saturated heterocycles. The predicted molar refractivity (Wildman–Crippen MR) is 78.8 cm³/mol. The Kier molecular flexibility index (Phi) is 4.94. The summed E-state index contributed by atoms with van der Waals surface area (Å²) in [5.74, 6) is -1.51. The number of aromatic nitrogens is 2. The molecule has 0 radical (unpaired) electrons. The van der Waals surface area contributed by atoms with Crippen LogP contribution < -0.4 is 0 Å². The van der Waals surface area contributed by atoms with Gasteiger partial charge in [-0.3, -0.25) is 0 Å². The van der Waals surface area contributed by atoms with E-state index in [9.17, 15) is 35.1 Å². The van der Waals surface area contributed by atoms with Crippen LogP contribution in [-0.2, 0) is 5.67 Å². The fraction of sp³-hybridized carbons (Fsp3) is 0.250. The topological polar surface area (TPSA) is 17.8 Å². The molecule has 1 aromatic heterocycles. The zero-order valence-electron chi connectivity index (χ0n) is 11.0. The van der Waals surface area contributed by atoms with Crippen molar-refractivity contribution in [3.8, 4) is 5.69 Å². The highest BCUT2D eigenvalue weighted by molar-refractivity contribution is 14.1. The number of benzene rings is 1. The highest BCUT2D eigenvalue weighted by Crippen LogP contribution is 2.53. The lowest BCUT2D eigenvalue weighted by atomic mass is 9.94. The van der Waals surface area contributed by atoms with Crippen LogP contribution in [0.2, 0.25) is 0 Å². The van der Waals surface area contributed by atoms with Crippen LogP contribution >= 0.6 is 38.5 Å². The number of hydrogen-bond acceptors (Lipinski definition) is 1. The molecule has 0 saturated carbocycles. The molecule has 0 amide bonds. The molecule has 0 fully saturated rings. The van der Waals surface area contributed by atoms with Crippen molar-refractivity contribution < 1.29 is 35.1 Å². The summed E-state index contributed by atoms with van der Waals surface area (Å²) in [4.78, 5) is 0. The third-order valence-electron chi connectivity index (χ3n) is 2.98. The minimum absolute atomic E-state index is 0.143. The van der Waals surface area contributed by atoms with Crippen LogP contribution in [0.15, 0.2) is 29.0 Å². The van der Waals surface area contributed by atoms with Crippen molar-refractivity contribution in [3.63, 3.8) is 0 Å². The van der Waals surface area contributed by atoms with E-state index in [1.807, 2.05) is 22.6 Å². The van der Waals surface area contributed by atoms with Gasteiger partial charge in [0.05, 0.1) is 9.77 Å². The lowest BCUT2D eigenvalue weighted by molar-refractivity contribution is -0.348. The number of hydrogen-bond donors (Lipinski definition) is 0. The average Bonchev–Trinajstić information content (AvgIpc) is 2.80. The Morgan fingerprint density at radius 3 is 1.92 bits per heavy atom. The van der Waals surface area contributed by atoms with Crippen LogP contribution in [0.4, 0.5) is 35.1 Å². The van der Waals surface area contributed by atoms with Crippen LogP contribution in [0.5, 0.6) is 0 Å². The van der Waals surface area contributed by atoms with Crippen LogP contribution in [0.3, 0.4) is 0 Å². The van der Waals surface area contributed by atoms with Gasteiger partial charge in [-0.25, -0.2) is 13.5 Å². The standard InChI is InChI=1S/C12H4BrF8IN2/c13-7-1-5(10(15,11(16,17)18)12(19,20)21)2-8(14)9(7)24-4-6(22)3-23-24/h1-4H. The van der Waals surface area contributed by atoms with E-state index < -0.39 is 39.6 Å². The van der Waals surface area contributed by atoms with Crippen LogP contribution in [0.1, 0.15) is 5.56 Å². The Balaban J connectivity index is 2.69. The predicted octanol–water partition coefficient (Wildman–Crippen LogP) is 5.67. The Morgan fingerprint density at radius 2 is 1.54 bits per heavy atom. The van der Waals surface area contributed by atoms with Crippen molar-refractivity contribution >= 4 is 38.5 Å². The van der Waals surface area contributed by atoms with Gasteiger partial charge in [0, 0.05) is 16.2 Å². The zero-order valence-corrected chi connectivity index (χ0v) is 14.7. The summed E-state index contributed by atoms with van der Waals surface area (Å²) in [5.41, 5.74) is -8.08. The van der Waals surface area contributed by atoms with Crippen LogP contribution in [-0.4, -0.2) is 22.1 Å². The molecule has 24 heavy (non-hydrogen) atoms. The molecule has 0 unspecified atom stereocenters. The van der Waals surface area contributed by atoms with Crippen LogP contribution in [0.25, 0.3) is 5.69 Å². The fourth-order valence-electron chi connectivity index (χ4n) is 1.89. The second-order valence-electron chi connectivity index (χ2n) is 4.55. The summed E-state index contributed by atoms with van der Waals surface area (Å²) in [6.45, 7) is 0. The minimum Gasteiger partial charge on any atom is -0.236 e. The van der Waals surface area contributed by atoms with Gasteiger partial charge in [0.15, 0.2) is 0 Å². The first-order valence-electron chi connectivity index (χ1n) is 5.81. The molecule has 0 bridgehead atoms. The van der Waals surface area contributed by atoms with Crippen molar-refractivity contribution in [1.82, 2.24) is 9.78 Å². The molecule has 0 spiro atoms. The molecular formula is C12H4BrF8IN2. The Morgan fingerprint density at radius 1 is 1.00 bits per heavy atom. The Hall–Kier alpha value is -0.920. The third kappa shape index (κ3) is 3.13. The molecule has 1 aromatic carbocycles. The van der Waals surface area contributed by atoms with Gasteiger partial charge in [0.2, 0.25) is 0 Å². The fourth-order valence-corrected chi connectivity index (χ4v) is 2.90. The molecule has 2 nitrogen and oxygen atoms in total. The second kappa shape index (κ2) is 6.11. The lowest BCUT2D eigenvalue weighted by Crippen LogP contribution is -2.50. The van der Waals surface area contributed by atoms with Crippen LogP contribution in [0, 0.1) is 9.39 Å². The molecule has 0 N–H and O–H groups in total. The van der Waals surface area contributed by atoms with Crippen molar-refractivity contribution in [3.05, 3.63) is 43.9 Å². The minimum atomic E-state index is -6.32.